The second-order valence-corrected chi connectivity index (χ2v) is 10.00. The first-order valence-corrected chi connectivity index (χ1v) is 12.5. The quantitative estimate of drug-likeness (QED) is 0.174. The molecule has 192 valence electrons. The van der Waals surface area contributed by atoms with Crippen LogP contribution < -0.4 is 9.47 Å². The molecule has 0 saturated carbocycles. The first kappa shape index (κ1) is 25.1. The average Bonchev–Trinajstić information content (AvgIpc) is 3.27. The predicted molar refractivity (Wildman–Crippen MR) is 150 cm³/mol. The molecule has 0 amide bonds. The summed E-state index contributed by atoms with van der Waals surface area (Å²) >= 11 is 0. The van der Waals surface area contributed by atoms with Crippen molar-refractivity contribution in [3.63, 3.8) is 0 Å². The van der Waals surface area contributed by atoms with Crippen LogP contribution in [0.15, 0.2) is 97.1 Å². The first-order chi connectivity index (χ1) is 18.3. The smallest absolute Gasteiger partial charge is 0.497 e. The molecule has 0 saturated heterocycles. The van der Waals surface area contributed by atoms with Crippen molar-refractivity contribution in [1.82, 2.24) is 9.55 Å². The Balaban J connectivity index is 1.43. The second kappa shape index (κ2) is 10.4. The zero-order chi connectivity index (χ0) is 26.7. The van der Waals surface area contributed by atoms with E-state index in [1.54, 1.807) is 13.2 Å². The number of hydrogen-bond acceptors (Lipinski definition) is 5. The normalized spacial score (nSPS) is 11.4. The van der Waals surface area contributed by atoms with Gasteiger partial charge in [0.1, 0.15) is 22.9 Å². The summed E-state index contributed by atoms with van der Waals surface area (Å²) in [7, 11) is 1.66. The highest BCUT2D eigenvalue weighted by molar-refractivity contribution is 5.81. The number of methoxy groups -OCH3 is 1. The van der Waals surface area contributed by atoms with Crippen molar-refractivity contribution in [3.8, 4) is 34.0 Å². The van der Waals surface area contributed by atoms with Gasteiger partial charge in [0.2, 0.25) is 0 Å². The molecular weight excluding hydrogens is 476 g/mol. The van der Waals surface area contributed by atoms with Gasteiger partial charge in [-0.1, -0.05) is 54.6 Å². The highest BCUT2D eigenvalue weighted by Crippen LogP contribution is 2.32. The van der Waals surface area contributed by atoms with E-state index in [9.17, 15) is 4.79 Å². The van der Waals surface area contributed by atoms with E-state index < -0.39 is 11.8 Å². The lowest BCUT2D eigenvalue weighted by atomic mass is 10.0. The lowest BCUT2D eigenvalue weighted by molar-refractivity contribution is 0.0207. The number of imidazole rings is 1. The fraction of sp³-hybridized carbons (Fsp3) is 0.188. The van der Waals surface area contributed by atoms with Crippen LogP contribution in [0, 0.1) is 0 Å². The molecule has 0 aliphatic carbocycles. The minimum absolute atomic E-state index is 0.455. The van der Waals surface area contributed by atoms with Gasteiger partial charge >= 0.3 is 6.16 Å². The Kier molecular flexibility index (Phi) is 6.88. The summed E-state index contributed by atoms with van der Waals surface area (Å²) in [5, 5.41) is 0. The number of rotatable bonds is 6. The molecule has 38 heavy (non-hydrogen) atoms. The van der Waals surface area contributed by atoms with Crippen LogP contribution >= 0.6 is 0 Å². The van der Waals surface area contributed by atoms with E-state index in [0.29, 0.717) is 12.3 Å². The van der Waals surface area contributed by atoms with Gasteiger partial charge in [0.15, 0.2) is 0 Å². The Morgan fingerprint density at radius 1 is 0.816 bits per heavy atom. The van der Waals surface area contributed by atoms with Crippen LogP contribution in [0.5, 0.6) is 11.5 Å². The Labute approximate surface area is 222 Å². The minimum atomic E-state index is -0.723. The largest absolute Gasteiger partial charge is 0.514 e. The Morgan fingerprint density at radius 3 is 2.18 bits per heavy atom. The van der Waals surface area contributed by atoms with Crippen molar-refractivity contribution in [2.75, 3.05) is 7.11 Å². The third kappa shape index (κ3) is 5.54. The standard InChI is InChI=1S/C32H30N2O4/c1-32(2,3)38-31(35)37-29-12-8-5-9-26(29)23-15-13-22(14-16-23)21-34-28-11-7-6-10-27(28)33-30(34)24-17-19-25(36-4)20-18-24/h5-20H,21H2,1-4H3. The van der Waals surface area contributed by atoms with Gasteiger partial charge in [-0.3, -0.25) is 0 Å². The highest BCUT2D eigenvalue weighted by atomic mass is 16.7. The van der Waals surface area contributed by atoms with Gasteiger partial charge in [0.05, 0.1) is 18.1 Å². The summed E-state index contributed by atoms with van der Waals surface area (Å²) in [6.07, 6.45) is -0.723. The third-order valence-electron chi connectivity index (χ3n) is 6.08. The van der Waals surface area contributed by atoms with Gasteiger partial charge in [0.25, 0.3) is 0 Å². The maximum atomic E-state index is 12.3. The summed E-state index contributed by atoms with van der Waals surface area (Å²) in [5.41, 5.74) is 5.29. The van der Waals surface area contributed by atoms with E-state index in [0.717, 1.165) is 44.9 Å². The molecule has 0 N–H and O–H groups in total. The number of ether oxygens (including phenoxy) is 3. The molecule has 1 heterocycles. The average molecular weight is 507 g/mol. The number of benzene rings is 4. The summed E-state index contributed by atoms with van der Waals surface area (Å²) in [6.45, 7) is 6.07. The molecule has 5 aromatic rings. The van der Waals surface area contributed by atoms with E-state index in [1.807, 2.05) is 93.6 Å². The van der Waals surface area contributed by atoms with Gasteiger partial charge in [-0.15, -0.1) is 0 Å². The zero-order valence-electron chi connectivity index (χ0n) is 22.0. The van der Waals surface area contributed by atoms with Gasteiger partial charge in [-0.05, 0) is 74.4 Å². The number of carbonyl (C=O) groups excluding carboxylic acids is 1. The van der Waals surface area contributed by atoms with Crippen LogP contribution in [0.1, 0.15) is 26.3 Å². The number of nitrogens with zero attached hydrogens (tertiary/aromatic N) is 2. The molecule has 6 nitrogen and oxygen atoms in total. The topological polar surface area (TPSA) is 62.6 Å². The number of para-hydroxylation sites is 3. The summed E-state index contributed by atoms with van der Waals surface area (Å²) in [5.74, 6) is 2.16. The van der Waals surface area contributed by atoms with Gasteiger partial charge in [-0.2, -0.15) is 0 Å². The fourth-order valence-electron chi connectivity index (χ4n) is 4.32. The van der Waals surface area contributed by atoms with Crippen molar-refractivity contribution in [2.45, 2.75) is 32.9 Å². The van der Waals surface area contributed by atoms with Gasteiger partial charge < -0.3 is 18.8 Å². The number of carbonyl (C=O) groups is 1. The van der Waals surface area contributed by atoms with Crippen molar-refractivity contribution < 1.29 is 19.0 Å². The lowest BCUT2D eigenvalue weighted by Crippen LogP contribution is -2.26. The Morgan fingerprint density at radius 2 is 1.47 bits per heavy atom. The van der Waals surface area contributed by atoms with E-state index in [4.69, 9.17) is 19.2 Å². The van der Waals surface area contributed by atoms with Crippen molar-refractivity contribution in [3.05, 3.63) is 103 Å². The van der Waals surface area contributed by atoms with Crippen LogP contribution in [0.2, 0.25) is 0 Å². The summed E-state index contributed by atoms with van der Waals surface area (Å²) < 4.78 is 18.4. The highest BCUT2D eigenvalue weighted by Gasteiger charge is 2.19. The summed E-state index contributed by atoms with van der Waals surface area (Å²) in [6, 6.07) is 31.8. The van der Waals surface area contributed by atoms with Gasteiger partial charge in [0, 0.05) is 17.7 Å². The van der Waals surface area contributed by atoms with Crippen molar-refractivity contribution in [2.24, 2.45) is 0 Å². The fourth-order valence-corrected chi connectivity index (χ4v) is 4.32. The lowest BCUT2D eigenvalue weighted by Gasteiger charge is -2.19. The second-order valence-electron chi connectivity index (χ2n) is 10.00. The maximum Gasteiger partial charge on any atom is 0.514 e. The van der Waals surface area contributed by atoms with E-state index >= 15 is 0 Å². The van der Waals surface area contributed by atoms with Crippen LogP contribution in [-0.2, 0) is 11.3 Å². The number of fused-ring (bicyclic) bond motifs is 1. The monoisotopic (exact) mass is 506 g/mol. The van der Waals surface area contributed by atoms with E-state index in [1.165, 1.54) is 0 Å². The molecule has 0 atom stereocenters. The molecule has 0 bridgehead atoms. The first-order valence-electron chi connectivity index (χ1n) is 12.5. The number of aromatic nitrogens is 2. The van der Waals surface area contributed by atoms with Crippen LogP contribution in [-0.4, -0.2) is 28.4 Å². The molecular formula is C32H30N2O4. The molecule has 0 radical (unpaired) electrons. The third-order valence-corrected chi connectivity index (χ3v) is 6.08. The van der Waals surface area contributed by atoms with Gasteiger partial charge in [-0.25, -0.2) is 9.78 Å². The molecule has 0 unspecified atom stereocenters. The summed E-state index contributed by atoms with van der Waals surface area (Å²) in [4.78, 5) is 17.2. The Bertz CT molecular complexity index is 1560. The van der Waals surface area contributed by atoms with Crippen LogP contribution in [0.3, 0.4) is 0 Å². The molecule has 4 aromatic carbocycles. The van der Waals surface area contributed by atoms with E-state index in [2.05, 4.69) is 22.8 Å². The molecule has 1 aromatic heterocycles. The molecule has 6 heteroatoms. The minimum Gasteiger partial charge on any atom is -0.497 e. The molecule has 0 spiro atoms. The Hall–Kier alpha value is -4.58. The van der Waals surface area contributed by atoms with Crippen molar-refractivity contribution >= 4 is 17.2 Å². The molecule has 0 aliphatic rings. The maximum absolute atomic E-state index is 12.3. The van der Waals surface area contributed by atoms with E-state index in [-0.39, 0.29) is 0 Å². The molecule has 0 fully saturated rings. The molecule has 0 aliphatic heterocycles. The van der Waals surface area contributed by atoms with Crippen molar-refractivity contribution in [1.29, 1.82) is 0 Å². The predicted octanol–water partition coefficient (Wildman–Crippen LogP) is 7.74. The molecule has 5 rings (SSSR count). The van der Waals surface area contributed by atoms with Crippen LogP contribution in [0.25, 0.3) is 33.5 Å². The zero-order valence-corrected chi connectivity index (χ0v) is 22.0. The van der Waals surface area contributed by atoms with Crippen LogP contribution in [0.4, 0.5) is 4.79 Å². The number of hydrogen-bond donors (Lipinski definition) is 0. The SMILES string of the molecule is COc1ccc(-c2nc3ccccc3n2Cc2ccc(-c3ccccc3OC(=O)OC(C)(C)C)cc2)cc1.